The van der Waals surface area contributed by atoms with Crippen molar-refractivity contribution >= 4 is 0 Å². The van der Waals surface area contributed by atoms with E-state index in [0.29, 0.717) is 28.7 Å². The van der Waals surface area contributed by atoms with Gasteiger partial charge in [-0.25, -0.2) is 0 Å². The molecule has 0 aromatic heterocycles. The van der Waals surface area contributed by atoms with Crippen LogP contribution in [-0.4, -0.2) is 26.4 Å². The van der Waals surface area contributed by atoms with E-state index in [1.807, 2.05) is 12.1 Å². The van der Waals surface area contributed by atoms with Crippen molar-refractivity contribution in [2.24, 2.45) is 16.7 Å². The SMILES string of the molecule is COc1ccc(OC)c(C(O)C2=C(C)CC[C@H]3C(C)(C)CCC[C@]23C)c1OC. The van der Waals surface area contributed by atoms with Gasteiger partial charge in [-0.1, -0.05) is 32.8 Å². The molecule has 1 unspecified atom stereocenters. The topological polar surface area (TPSA) is 47.9 Å². The molecule has 3 atom stereocenters. The summed E-state index contributed by atoms with van der Waals surface area (Å²) in [6.07, 6.45) is 5.00. The van der Waals surface area contributed by atoms with Gasteiger partial charge in [0.2, 0.25) is 0 Å². The Morgan fingerprint density at radius 2 is 1.64 bits per heavy atom. The van der Waals surface area contributed by atoms with Crippen molar-refractivity contribution in [3.05, 3.63) is 28.8 Å². The average Bonchev–Trinajstić information content (AvgIpc) is 2.65. The molecule has 156 valence electrons. The molecule has 0 radical (unpaired) electrons. The second-order valence-corrected chi connectivity index (χ2v) is 9.36. The summed E-state index contributed by atoms with van der Waals surface area (Å²) in [5.41, 5.74) is 3.38. The fourth-order valence-corrected chi connectivity index (χ4v) is 6.20. The molecule has 1 fully saturated rings. The van der Waals surface area contributed by atoms with Crippen molar-refractivity contribution in [3.63, 3.8) is 0 Å². The number of fused-ring (bicyclic) bond motifs is 1. The molecule has 0 spiro atoms. The molecule has 1 saturated carbocycles. The fourth-order valence-electron chi connectivity index (χ4n) is 6.20. The minimum atomic E-state index is -0.776. The third-order valence-corrected chi connectivity index (χ3v) is 7.42. The van der Waals surface area contributed by atoms with Crippen LogP contribution in [0, 0.1) is 16.7 Å². The normalized spacial score (nSPS) is 27.8. The second-order valence-electron chi connectivity index (χ2n) is 9.36. The molecular formula is C24H36O4. The summed E-state index contributed by atoms with van der Waals surface area (Å²) in [4.78, 5) is 0. The van der Waals surface area contributed by atoms with E-state index in [0.717, 1.165) is 18.4 Å². The highest BCUT2D eigenvalue weighted by molar-refractivity contribution is 5.57. The van der Waals surface area contributed by atoms with Gasteiger partial charge in [-0.3, -0.25) is 0 Å². The quantitative estimate of drug-likeness (QED) is 0.658. The Kier molecular flexibility index (Phi) is 5.73. The molecule has 1 aromatic carbocycles. The fraction of sp³-hybridized carbons (Fsp3) is 0.667. The van der Waals surface area contributed by atoms with Gasteiger partial charge >= 0.3 is 0 Å². The van der Waals surface area contributed by atoms with E-state index >= 15 is 0 Å². The minimum absolute atomic E-state index is 0.0252. The molecule has 4 heteroatoms. The molecule has 0 saturated heterocycles. The summed E-state index contributed by atoms with van der Waals surface area (Å²) in [5.74, 6) is 2.35. The number of hydrogen-bond acceptors (Lipinski definition) is 4. The largest absolute Gasteiger partial charge is 0.496 e. The Morgan fingerprint density at radius 3 is 2.25 bits per heavy atom. The highest BCUT2D eigenvalue weighted by Crippen LogP contribution is 2.62. The first-order valence-electron chi connectivity index (χ1n) is 10.4. The van der Waals surface area contributed by atoms with Crippen LogP contribution in [-0.2, 0) is 0 Å². The molecule has 1 aromatic rings. The summed E-state index contributed by atoms with van der Waals surface area (Å²) in [6.45, 7) is 9.33. The molecule has 1 N–H and O–H groups in total. The Morgan fingerprint density at radius 1 is 1.00 bits per heavy atom. The molecule has 3 rings (SSSR count). The van der Waals surface area contributed by atoms with Crippen molar-refractivity contribution in [1.29, 1.82) is 0 Å². The molecule has 0 bridgehead atoms. The van der Waals surface area contributed by atoms with Gasteiger partial charge in [-0.2, -0.15) is 0 Å². The molecule has 28 heavy (non-hydrogen) atoms. The number of aliphatic hydroxyl groups excluding tert-OH is 1. The zero-order valence-corrected chi connectivity index (χ0v) is 18.5. The lowest BCUT2D eigenvalue weighted by Crippen LogP contribution is -2.46. The Balaban J connectivity index is 2.17. The predicted octanol–water partition coefficient (Wildman–Crippen LogP) is 5.69. The molecule has 0 heterocycles. The van der Waals surface area contributed by atoms with Crippen LogP contribution in [0.1, 0.15) is 71.5 Å². The van der Waals surface area contributed by atoms with Crippen LogP contribution in [0.4, 0.5) is 0 Å². The van der Waals surface area contributed by atoms with Gasteiger partial charge in [0, 0.05) is 0 Å². The van der Waals surface area contributed by atoms with Crippen LogP contribution in [0.25, 0.3) is 0 Å². The van der Waals surface area contributed by atoms with Crippen molar-refractivity contribution < 1.29 is 19.3 Å². The maximum Gasteiger partial charge on any atom is 0.170 e. The molecule has 4 nitrogen and oxygen atoms in total. The predicted molar refractivity (Wildman–Crippen MR) is 112 cm³/mol. The molecule has 0 aliphatic heterocycles. The molecule has 0 amide bonds. The summed E-state index contributed by atoms with van der Waals surface area (Å²) >= 11 is 0. The highest BCUT2D eigenvalue weighted by Gasteiger charge is 2.52. The Hall–Kier alpha value is -1.68. The van der Waals surface area contributed by atoms with Gasteiger partial charge in [0.1, 0.15) is 11.9 Å². The van der Waals surface area contributed by atoms with Gasteiger partial charge in [-0.05, 0) is 67.1 Å². The van der Waals surface area contributed by atoms with E-state index in [9.17, 15) is 5.11 Å². The maximum absolute atomic E-state index is 11.8. The summed E-state index contributed by atoms with van der Waals surface area (Å²) in [6, 6.07) is 3.67. The minimum Gasteiger partial charge on any atom is -0.496 e. The Bertz CT molecular complexity index is 764. The van der Waals surface area contributed by atoms with Gasteiger partial charge in [0.25, 0.3) is 0 Å². The van der Waals surface area contributed by atoms with Crippen LogP contribution in [0.5, 0.6) is 17.2 Å². The van der Waals surface area contributed by atoms with Crippen LogP contribution in [0.2, 0.25) is 0 Å². The highest BCUT2D eigenvalue weighted by atomic mass is 16.5. The zero-order valence-electron chi connectivity index (χ0n) is 18.5. The lowest BCUT2D eigenvalue weighted by atomic mass is 9.49. The number of methoxy groups -OCH3 is 3. The van der Waals surface area contributed by atoms with Gasteiger partial charge < -0.3 is 19.3 Å². The number of aliphatic hydroxyl groups is 1. The lowest BCUT2D eigenvalue weighted by Gasteiger charge is -2.56. The lowest BCUT2D eigenvalue weighted by molar-refractivity contribution is -0.00477. The average molecular weight is 389 g/mol. The standard InChI is InChI=1S/C24H36O4/c1-15-9-12-18-23(2,3)13-8-14-24(18,4)20(15)21(25)19-16(26-5)10-11-17(27-6)22(19)28-7/h10-11,18,21,25H,8-9,12-14H2,1-7H3/t18-,21?,24-/m0/s1. The third kappa shape index (κ3) is 3.20. The maximum atomic E-state index is 11.8. The number of ether oxygens (including phenoxy) is 3. The van der Waals surface area contributed by atoms with Crippen molar-refractivity contribution in [1.82, 2.24) is 0 Å². The van der Waals surface area contributed by atoms with E-state index in [1.165, 1.54) is 24.8 Å². The van der Waals surface area contributed by atoms with Crippen LogP contribution in [0.3, 0.4) is 0 Å². The van der Waals surface area contributed by atoms with E-state index in [4.69, 9.17) is 14.2 Å². The smallest absolute Gasteiger partial charge is 0.170 e. The summed E-state index contributed by atoms with van der Waals surface area (Å²) < 4.78 is 16.8. The van der Waals surface area contributed by atoms with E-state index in [-0.39, 0.29) is 10.8 Å². The summed E-state index contributed by atoms with van der Waals surface area (Å²) in [5, 5.41) is 11.8. The van der Waals surface area contributed by atoms with E-state index < -0.39 is 6.10 Å². The molecule has 2 aliphatic rings. The van der Waals surface area contributed by atoms with Gasteiger partial charge in [-0.15, -0.1) is 0 Å². The number of allylic oxidation sites excluding steroid dienone is 1. The third-order valence-electron chi connectivity index (χ3n) is 7.42. The number of benzene rings is 1. The van der Waals surface area contributed by atoms with Crippen molar-refractivity contribution in [3.8, 4) is 17.2 Å². The van der Waals surface area contributed by atoms with Crippen LogP contribution < -0.4 is 14.2 Å². The van der Waals surface area contributed by atoms with Crippen LogP contribution in [0.15, 0.2) is 23.3 Å². The second kappa shape index (κ2) is 7.62. The van der Waals surface area contributed by atoms with Crippen molar-refractivity contribution in [2.45, 2.75) is 65.9 Å². The summed E-state index contributed by atoms with van der Waals surface area (Å²) in [7, 11) is 4.87. The van der Waals surface area contributed by atoms with E-state index in [1.54, 1.807) is 21.3 Å². The van der Waals surface area contributed by atoms with Gasteiger partial charge in [0.05, 0.1) is 26.9 Å². The van der Waals surface area contributed by atoms with Gasteiger partial charge in [0.15, 0.2) is 11.5 Å². The van der Waals surface area contributed by atoms with Crippen LogP contribution >= 0.6 is 0 Å². The number of hydrogen-bond donors (Lipinski definition) is 1. The van der Waals surface area contributed by atoms with Crippen molar-refractivity contribution in [2.75, 3.05) is 21.3 Å². The Labute approximate surface area is 169 Å². The number of rotatable bonds is 5. The first kappa shape index (κ1) is 21.0. The monoisotopic (exact) mass is 388 g/mol. The molecular weight excluding hydrogens is 352 g/mol. The molecule has 2 aliphatic carbocycles. The zero-order chi connectivity index (χ0) is 20.7. The first-order valence-corrected chi connectivity index (χ1v) is 10.4. The first-order chi connectivity index (χ1) is 13.2. The van der Waals surface area contributed by atoms with E-state index in [2.05, 4.69) is 27.7 Å².